The number of amides is 2. The molecule has 7 nitrogen and oxygen atoms in total. The van der Waals surface area contributed by atoms with E-state index in [9.17, 15) is 18.0 Å². The van der Waals surface area contributed by atoms with Gasteiger partial charge in [0.05, 0.1) is 17.6 Å². The van der Waals surface area contributed by atoms with E-state index < -0.39 is 27.4 Å². The molecule has 0 fully saturated rings. The first kappa shape index (κ1) is 19.0. The van der Waals surface area contributed by atoms with E-state index in [0.717, 1.165) is 6.26 Å². The number of rotatable bonds is 5. The predicted octanol–water partition coefficient (Wildman–Crippen LogP) is 1.55. The quantitative estimate of drug-likeness (QED) is 0.755. The second kappa shape index (κ2) is 6.99. The van der Waals surface area contributed by atoms with Gasteiger partial charge >= 0.3 is 0 Å². The molecule has 0 spiro atoms. The highest BCUT2D eigenvalue weighted by atomic mass is 32.2. The Morgan fingerprint density at radius 1 is 1.09 bits per heavy atom. The summed E-state index contributed by atoms with van der Waals surface area (Å²) >= 11 is 0. The Kier molecular flexibility index (Phi) is 5.76. The zero-order valence-corrected chi connectivity index (χ0v) is 14.7. The standard InChI is InChI=1S/C15H23N3O4S/c1-10(16-14(20)15(2,3)4)13(19)17-11-8-6-7-9-12(11)18-23(5,21)22/h6-10,18H,1-5H3,(H,16,20)(H,17,19)/t10-/m1/s1. The van der Waals surface area contributed by atoms with Gasteiger partial charge in [-0.05, 0) is 19.1 Å². The highest BCUT2D eigenvalue weighted by molar-refractivity contribution is 7.92. The lowest BCUT2D eigenvalue weighted by atomic mass is 9.95. The number of carbonyl (C=O) groups excluding carboxylic acids is 2. The van der Waals surface area contributed by atoms with Crippen molar-refractivity contribution in [2.45, 2.75) is 33.7 Å². The summed E-state index contributed by atoms with van der Waals surface area (Å²) in [5, 5.41) is 5.23. The van der Waals surface area contributed by atoms with Crippen molar-refractivity contribution in [2.24, 2.45) is 5.41 Å². The monoisotopic (exact) mass is 341 g/mol. The molecule has 3 N–H and O–H groups in total. The molecule has 0 unspecified atom stereocenters. The van der Waals surface area contributed by atoms with Crippen LogP contribution in [0.1, 0.15) is 27.7 Å². The number of benzene rings is 1. The fourth-order valence-corrected chi connectivity index (χ4v) is 2.18. The lowest BCUT2D eigenvalue weighted by molar-refractivity contribution is -0.131. The van der Waals surface area contributed by atoms with Crippen LogP contribution in [-0.4, -0.2) is 32.5 Å². The summed E-state index contributed by atoms with van der Waals surface area (Å²) in [6.45, 7) is 6.81. The minimum absolute atomic E-state index is 0.248. The Bertz CT molecular complexity index is 693. The summed E-state index contributed by atoms with van der Waals surface area (Å²) in [5.74, 6) is -0.687. The molecule has 0 saturated carbocycles. The van der Waals surface area contributed by atoms with E-state index in [0.29, 0.717) is 5.69 Å². The van der Waals surface area contributed by atoms with Gasteiger partial charge in [0.15, 0.2) is 0 Å². The zero-order chi connectivity index (χ0) is 17.8. The summed E-state index contributed by atoms with van der Waals surface area (Å²) in [6, 6.07) is 5.67. The van der Waals surface area contributed by atoms with Crippen molar-refractivity contribution >= 4 is 33.2 Å². The largest absolute Gasteiger partial charge is 0.344 e. The second-order valence-electron chi connectivity index (χ2n) is 6.35. The molecule has 23 heavy (non-hydrogen) atoms. The van der Waals surface area contributed by atoms with E-state index in [-0.39, 0.29) is 11.6 Å². The SMILES string of the molecule is C[C@@H](NC(=O)C(C)(C)C)C(=O)Nc1ccccc1NS(C)(=O)=O. The molecule has 0 saturated heterocycles. The number of carbonyl (C=O) groups is 2. The number of hydrogen-bond donors (Lipinski definition) is 3. The molecule has 1 aromatic rings. The van der Waals surface area contributed by atoms with Gasteiger partial charge < -0.3 is 10.6 Å². The van der Waals surface area contributed by atoms with Gasteiger partial charge in [-0.15, -0.1) is 0 Å². The number of hydrogen-bond acceptors (Lipinski definition) is 4. The molecule has 1 rings (SSSR count). The van der Waals surface area contributed by atoms with E-state index in [4.69, 9.17) is 0 Å². The fraction of sp³-hybridized carbons (Fsp3) is 0.467. The van der Waals surface area contributed by atoms with Gasteiger partial charge in [0.1, 0.15) is 6.04 Å². The van der Waals surface area contributed by atoms with Gasteiger partial charge in [0.25, 0.3) is 0 Å². The van der Waals surface area contributed by atoms with Gasteiger partial charge in [-0.1, -0.05) is 32.9 Å². The van der Waals surface area contributed by atoms with Gasteiger partial charge in [-0.2, -0.15) is 0 Å². The first-order valence-corrected chi connectivity index (χ1v) is 8.98. The Hall–Kier alpha value is -2.09. The third-order valence-corrected chi connectivity index (χ3v) is 3.49. The number of para-hydroxylation sites is 2. The molecule has 0 bridgehead atoms. The summed E-state index contributed by atoms with van der Waals surface area (Å²) in [4.78, 5) is 24.1. The first-order valence-electron chi connectivity index (χ1n) is 7.09. The van der Waals surface area contributed by atoms with Crippen LogP contribution in [0.3, 0.4) is 0 Å². The maximum Gasteiger partial charge on any atom is 0.246 e. The van der Waals surface area contributed by atoms with Crippen LogP contribution in [0.2, 0.25) is 0 Å². The molecule has 2 amide bonds. The molecule has 8 heteroatoms. The molecule has 0 aliphatic heterocycles. The van der Waals surface area contributed by atoms with Crippen LogP contribution in [0.5, 0.6) is 0 Å². The van der Waals surface area contributed by atoms with E-state index in [1.165, 1.54) is 6.07 Å². The third kappa shape index (κ3) is 6.27. The fourth-order valence-electron chi connectivity index (χ4n) is 1.60. The molecule has 1 atom stereocenters. The Morgan fingerprint density at radius 2 is 1.61 bits per heavy atom. The summed E-state index contributed by atoms with van der Waals surface area (Å²) in [6.07, 6.45) is 1.03. The smallest absolute Gasteiger partial charge is 0.246 e. The normalized spacial score (nSPS) is 13.1. The van der Waals surface area contributed by atoms with Crippen LogP contribution in [-0.2, 0) is 19.6 Å². The van der Waals surface area contributed by atoms with Crippen molar-refractivity contribution in [2.75, 3.05) is 16.3 Å². The van der Waals surface area contributed by atoms with E-state index in [2.05, 4.69) is 15.4 Å². The molecule has 0 aliphatic rings. The van der Waals surface area contributed by atoms with Crippen molar-refractivity contribution in [3.8, 4) is 0 Å². The second-order valence-corrected chi connectivity index (χ2v) is 8.10. The molecule has 128 valence electrons. The van der Waals surface area contributed by atoms with Crippen LogP contribution in [0.15, 0.2) is 24.3 Å². The van der Waals surface area contributed by atoms with Crippen molar-refractivity contribution in [1.82, 2.24) is 5.32 Å². The summed E-state index contributed by atoms with van der Waals surface area (Å²) < 4.78 is 25.0. The lowest BCUT2D eigenvalue weighted by Crippen LogP contribution is -2.46. The van der Waals surface area contributed by atoms with E-state index in [1.807, 2.05) is 0 Å². The molecule has 1 aromatic carbocycles. The van der Waals surface area contributed by atoms with Crippen LogP contribution in [0.25, 0.3) is 0 Å². The summed E-state index contributed by atoms with van der Waals surface area (Å²) in [5.41, 5.74) is -0.0259. The van der Waals surface area contributed by atoms with Crippen LogP contribution >= 0.6 is 0 Å². The zero-order valence-electron chi connectivity index (χ0n) is 13.9. The maximum absolute atomic E-state index is 12.2. The van der Waals surface area contributed by atoms with Crippen molar-refractivity contribution in [1.29, 1.82) is 0 Å². The maximum atomic E-state index is 12.2. The van der Waals surface area contributed by atoms with Gasteiger partial charge in [-0.25, -0.2) is 8.42 Å². The molecular formula is C15H23N3O4S. The number of sulfonamides is 1. The van der Waals surface area contributed by atoms with Crippen LogP contribution in [0.4, 0.5) is 11.4 Å². The number of nitrogens with one attached hydrogen (secondary N) is 3. The minimum atomic E-state index is -3.47. The molecule has 0 heterocycles. The Morgan fingerprint density at radius 3 is 2.09 bits per heavy atom. The minimum Gasteiger partial charge on any atom is -0.344 e. The molecular weight excluding hydrogens is 318 g/mol. The van der Waals surface area contributed by atoms with Crippen LogP contribution in [0, 0.1) is 5.41 Å². The average molecular weight is 341 g/mol. The van der Waals surface area contributed by atoms with E-state index in [1.54, 1.807) is 45.9 Å². The lowest BCUT2D eigenvalue weighted by Gasteiger charge is -2.22. The summed E-state index contributed by atoms with van der Waals surface area (Å²) in [7, 11) is -3.47. The van der Waals surface area contributed by atoms with E-state index >= 15 is 0 Å². The third-order valence-electron chi connectivity index (χ3n) is 2.90. The average Bonchev–Trinajstić information content (AvgIpc) is 2.38. The van der Waals surface area contributed by atoms with Gasteiger partial charge in [0.2, 0.25) is 21.8 Å². The topological polar surface area (TPSA) is 104 Å². The predicted molar refractivity (Wildman–Crippen MR) is 90.6 cm³/mol. The highest BCUT2D eigenvalue weighted by Crippen LogP contribution is 2.22. The van der Waals surface area contributed by atoms with Crippen molar-refractivity contribution in [3.63, 3.8) is 0 Å². The van der Waals surface area contributed by atoms with Gasteiger partial charge in [0, 0.05) is 5.41 Å². The van der Waals surface area contributed by atoms with Gasteiger partial charge in [-0.3, -0.25) is 14.3 Å². The Balaban J connectivity index is 2.84. The molecule has 0 aliphatic carbocycles. The van der Waals surface area contributed by atoms with Crippen molar-refractivity contribution < 1.29 is 18.0 Å². The van der Waals surface area contributed by atoms with Crippen LogP contribution < -0.4 is 15.4 Å². The number of anilines is 2. The van der Waals surface area contributed by atoms with Crippen molar-refractivity contribution in [3.05, 3.63) is 24.3 Å². The highest BCUT2D eigenvalue weighted by Gasteiger charge is 2.25. The first-order chi connectivity index (χ1) is 10.4. The molecule has 0 aromatic heterocycles. The Labute approximate surface area is 136 Å². The molecule has 0 radical (unpaired) electrons.